The molecule has 1 unspecified atom stereocenters. The molecule has 0 aliphatic carbocycles. The van der Waals surface area contributed by atoms with Gasteiger partial charge in [0.05, 0.1) is 17.1 Å². The minimum Gasteiger partial charge on any atom is -0.340 e. The van der Waals surface area contributed by atoms with Gasteiger partial charge in [-0.3, -0.25) is 14.3 Å². The third kappa shape index (κ3) is 3.95. The zero-order valence-electron chi connectivity index (χ0n) is 18.2. The van der Waals surface area contributed by atoms with Crippen LogP contribution < -0.4 is 10.6 Å². The van der Waals surface area contributed by atoms with Crippen molar-refractivity contribution in [3.05, 3.63) is 93.1 Å². The topological polar surface area (TPSA) is 76.0 Å². The molecule has 0 radical (unpaired) electrons. The number of anilines is 1. The van der Waals surface area contributed by atoms with Crippen LogP contribution in [0.3, 0.4) is 0 Å². The van der Waals surface area contributed by atoms with E-state index in [4.69, 9.17) is 11.6 Å². The Labute approximate surface area is 204 Å². The largest absolute Gasteiger partial charge is 0.416 e. The summed E-state index contributed by atoms with van der Waals surface area (Å²) >= 11 is 6.30. The second-order valence-electron chi connectivity index (χ2n) is 8.15. The van der Waals surface area contributed by atoms with E-state index in [1.165, 1.54) is 29.9 Å². The Balaban J connectivity index is 1.67. The highest BCUT2D eigenvalue weighted by Gasteiger charge is 2.35. The molecule has 1 aliphatic rings. The smallest absolute Gasteiger partial charge is 0.340 e. The van der Waals surface area contributed by atoms with Crippen LogP contribution in [0.1, 0.15) is 43.6 Å². The van der Waals surface area contributed by atoms with E-state index in [0.29, 0.717) is 28.6 Å². The Morgan fingerprint density at radius 2 is 1.83 bits per heavy atom. The molecule has 0 fully saturated rings. The van der Waals surface area contributed by atoms with Crippen LogP contribution in [-0.4, -0.2) is 21.6 Å². The predicted molar refractivity (Wildman–Crippen MR) is 121 cm³/mol. The maximum absolute atomic E-state index is 14.1. The fourth-order valence-electron chi connectivity index (χ4n) is 4.30. The lowest BCUT2D eigenvalue weighted by atomic mass is 9.89. The van der Waals surface area contributed by atoms with E-state index in [1.807, 2.05) is 0 Å². The van der Waals surface area contributed by atoms with Crippen LogP contribution in [0.4, 0.5) is 27.6 Å². The van der Waals surface area contributed by atoms with E-state index >= 15 is 0 Å². The average molecular weight is 521 g/mol. The number of nitrogens with zero attached hydrogens (tertiary/aromatic N) is 2. The molecule has 5 rings (SSSR count). The normalized spacial score (nSPS) is 15.2. The third-order valence-corrected chi connectivity index (χ3v) is 6.17. The van der Waals surface area contributed by atoms with Crippen LogP contribution in [-0.2, 0) is 13.2 Å². The van der Waals surface area contributed by atoms with Gasteiger partial charge in [-0.1, -0.05) is 11.6 Å². The molecule has 1 aromatic heterocycles. The number of aryl methyl sites for hydroxylation is 1. The molecule has 2 heterocycles. The number of benzene rings is 3. The lowest BCUT2D eigenvalue weighted by molar-refractivity contribution is -0.137. The summed E-state index contributed by atoms with van der Waals surface area (Å²) < 4.78 is 68.8. The second-order valence-corrected chi connectivity index (χ2v) is 8.55. The van der Waals surface area contributed by atoms with Crippen LogP contribution >= 0.6 is 11.6 Å². The van der Waals surface area contributed by atoms with Crippen molar-refractivity contribution in [2.75, 3.05) is 5.32 Å². The number of hydrogen-bond donors (Lipinski definition) is 2. The maximum atomic E-state index is 14.1. The molecule has 1 atom stereocenters. The fourth-order valence-corrected chi connectivity index (χ4v) is 4.53. The van der Waals surface area contributed by atoms with Gasteiger partial charge in [0.25, 0.3) is 11.8 Å². The highest BCUT2D eigenvalue weighted by Crippen LogP contribution is 2.42. The molecule has 3 aromatic carbocycles. The van der Waals surface area contributed by atoms with E-state index < -0.39 is 46.8 Å². The first kappa shape index (κ1) is 23.7. The maximum Gasteiger partial charge on any atom is 0.416 e. The summed E-state index contributed by atoms with van der Waals surface area (Å²) in [5.41, 5.74) is -0.777. The van der Waals surface area contributed by atoms with E-state index in [-0.39, 0.29) is 28.0 Å². The molecular weight excluding hydrogens is 507 g/mol. The summed E-state index contributed by atoms with van der Waals surface area (Å²) in [7, 11) is 1.54. The minimum atomic E-state index is -4.86. The molecule has 0 spiro atoms. The number of nitrogens with one attached hydrogen (secondary N) is 2. The van der Waals surface area contributed by atoms with Crippen molar-refractivity contribution in [3.8, 4) is 0 Å². The van der Waals surface area contributed by atoms with Crippen LogP contribution in [0, 0.1) is 11.6 Å². The minimum absolute atomic E-state index is 0.0879. The first-order chi connectivity index (χ1) is 16.9. The summed E-state index contributed by atoms with van der Waals surface area (Å²) in [6.45, 7) is 0. The monoisotopic (exact) mass is 520 g/mol. The number of alkyl halides is 3. The average Bonchev–Trinajstić information content (AvgIpc) is 3.14. The van der Waals surface area contributed by atoms with Crippen LogP contribution in [0.25, 0.3) is 10.9 Å². The van der Waals surface area contributed by atoms with E-state index in [0.717, 1.165) is 12.1 Å². The molecule has 2 amide bonds. The van der Waals surface area contributed by atoms with Gasteiger partial charge in [-0.2, -0.15) is 18.3 Å². The van der Waals surface area contributed by atoms with Crippen LogP contribution in [0.15, 0.2) is 48.5 Å². The zero-order valence-corrected chi connectivity index (χ0v) is 18.9. The van der Waals surface area contributed by atoms with Crippen molar-refractivity contribution < 1.29 is 31.5 Å². The highest BCUT2D eigenvalue weighted by atomic mass is 35.5. The SMILES string of the molecule is Cn1nc2ccc(NC(=O)c3cc(F)cc(C(F)(F)F)c3)c3c2c1C(=O)NC3c1cc(F)ccc1Cl. The van der Waals surface area contributed by atoms with E-state index in [9.17, 15) is 31.5 Å². The van der Waals surface area contributed by atoms with E-state index in [2.05, 4.69) is 15.7 Å². The number of carbonyl (C=O) groups is 2. The van der Waals surface area contributed by atoms with Gasteiger partial charge in [-0.15, -0.1) is 0 Å². The van der Waals surface area contributed by atoms with Crippen LogP contribution in [0.2, 0.25) is 5.02 Å². The number of halogens is 6. The molecule has 184 valence electrons. The van der Waals surface area contributed by atoms with Gasteiger partial charge in [0.2, 0.25) is 0 Å². The number of amides is 2. The van der Waals surface area contributed by atoms with Crippen molar-refractivity contribution in [1.82, 2.24) is 15.1 Å². The number of aromatic nitrogens is 2. The molecule has 1 aliphatic heterocycles. The first-order valence-corrected chi connectivity index (χ1v) is 10.8. The summed E-state index contributed by atoms with van der Waals surface area (Å²) in [6.07, 6.45) is -4.86. The Morgan fingerprint density at radius 3 is 2.56 bits per heavy atom. The highest BCUT2D eigenvalue weighted by molar-refractivity contribution is 6.31. The van der Waals surface area contributed by atoms with Crippen molar-refractivity contribution in [2.45, 2.75) is 12.2 Å². The Kier molecular flexibility index (Phi) is 5.47. The van der Waals surface area contributed by atoms with E-state index in [1.54, 1.807) is 0 Å². The molecule has 4 aromatic rings. The molecule has 12 heteroatoms. The Bertz CT molecular complexity index is 1580. The Hall–Kier alpha value is -3.99. The number of rotatable bonds is 3. The summed E-state index contributed by atoms with van der Waals surface area (Å²) in [5, 5.41) is 9.99. The van der Waals surface area contributed by atoms with Gasteiger partial charge in [-0.25, -0.2) is 8.78 Å². The summed E-state index contributed by atoms with van der Waals surface area (Å²) in [6, 6.07) is 6.97. The lowest BCUT2D eigenvalue weighted by Crippen LogP contribution is -2.35. The van der Waals surface area contributed by atoms with Gasteiger partial charge in [-0.05, 0) is 48.5 Å². The molecule has 6 nitrogen and oxygen atoms in total. The predicted octanol–water partition coefficient (Wildman–Crippen LogP) is 5.61. The van der Waals surface area contributed by atoms with Crippen molar-refractivity contribution in [3.63, 3.8) is 0 Å². The second kappa shape index (κ2) is 8.30. The van der Waals surface area contributed by atoms with Crippen LogP contribution in [0.5, 0.6) is 0 Å². The zero-order chi connectivity index (χ0) is 25.9. The molecular formula is C24H14ClF5N4O2. The van der Waals surface area contributed by atoms with Gasteiger partial charge >= 0.3 is 6.18 Å². The number of hydrogen-bond acceptors (Lipinski definition) is 3. The van der Waals surface area contributed by atoms with Gasteiger partial charge in [0.1, 0.15) is 17.3 Å². The van der Waals surface area contributed by atoms with Crippen molar-refractivity contribution in [1.29, 1.82) is 0 Å². The lowest BCUT2D eigenvalue weighted by Gasteiger charge is -2.28. The quantitative estimate of drug-likeness (QED) is 0.345. The third-order valence-electron chi connectivity index (χ3n) is 5.83. The standard InChI is InChI=1S/C24H14ClF5N4O2/c1-34-21-19-17(33-34)5-4-16(31-22(35)10-6-11(24(28,29)30)8-13(27)7-10)18(19)20(32-23(21)36)14-9-12(26)2-3-15(14)25/h2-9,20H,1H3,(H,31,35)(H,32,36). The van der Waals surface area contributed by atoms with Crippen molar-refractivity contribution in [2.24, 2.45) is 7.05 Å². The Morgan fingerprint density at radius 1 is 1.08 bits per heavy atom. The van der Waals surface area contributed by atoms with Crippen molar-refractivity contribution >= 4 is 40.0 Å². The molecule has 36 heavy (non-hydrogen) atoms. The molecule has 0 bridgehead atoms. The molecule has 0 saturated heterocycles. The summed E-state index contributed by atoms with van der Waals surface area (Å²) in [5.74, 6) is -3.42. The number of carbonyl (C=O) groups excluding carboxylic acids is 2. The van der Waals surface area contributed by atoms with Gasteiger partial charge < -0.3 is 10.6 Å². The fraction of sp³-hybridized carbons (Fsp3) is 0.125. The molecule has 0 saturated carbocycles. The summed E-state index contributed by atoms with van der Waals surface area (Å²) in [4.78, 5) is 25.9. The first-order valence-electron chi connectivity index (χ1n) is 10.4. The van der Waals surface area contributed by atoms with Gasteiger partial charge in [0.15, 0.2) is 0 Å². The molecule has 2 N–H and O–H groups in total. The van der Waals surface area contributed by atoms with Gasteiger partial charge in [0, 0.05) is 39.8 Å².